The molecule has 6 nitrogen and oxygen atoms in total. The zero-order chi connectivity index (χ0) is 24.7. The average Bonchev–Trinajstić information content (AvgIpc) is 3.30. The molecular formula is C28H35N5O. The Kier molecular flexibility index (Phi) is 8.55. The van der Waals surface area contributed by atoms with Gasteiger partial charge in [-0.15, -0.1) is 0 Å². The smallest absolute Gasteiger partial charge is 0.161 e. The molecule has 1 N–H and O–H groups in total. The van der Waals surface area contributed by atoms with Crippen molar-refractivity contribution in [3.05, 3.63) is 78.7 Å². The molecule has 1 aliphatic heterocycles. The Hall–Kier alpha value is -3.51. The van der Waals surface area contributed by atoms with Crippen molar-refractivity contribution in [2.24, 2.45) is 4.99 Å². The summed E-state index contributed by atoms with van der Waals surface area (Å²) < 4.78 is 0. The van der Waals surface area contributed by atoms with Crippen molar-refractivity contribution < 1.29 is 5.11 Å². The van der Waals surface area contributed by atoms with E-state index in [4.69, 9.17) is 9.97 Å². The van der Waals surface area contributed by atoms with Crippen LogP contribution in [-0.4, -0.2) is 66.5 Å². The molecule has 0 spiro atoms. The molecule has 1 fully saturated rings. The van der Waals surface area contributed by atoms with Gasteiger partial charge in [0.05, 0.1) is 12.6 Å². The number of nitrogens with zero attached hydrogens (tertiary/aromatic N) is 5. The van der Waals surface area contributed by atoms with Crippen LogP contribution in [0.15, 0.2) is 72.5 Å². The number of anilines is 1. The molecule has 2 heterocycles. The molecule has 6 heteroatoms. The minimum absolute atomic E-state index is 0.0351. The largest absolute Gasteiger partial charge is 0.394 e. The molecule has 2 aromatic rings. The van der Waals surface area contributed by atoms with Gasteiger partial charge in [0.25, 0.3) is 0 Å². The number of aromatic nitrogens is 2. The van der Waals surface area contributed by atoms with Crippen molar-refractivity contribution in [2.45, 2.75) is 25.8 Å². The minimum Gasteiger partial charge on any atom is -0.394 e. The summed E-state index contributed by atoms with van der Waals surface area (Å²) in [5.41, 5.74) is 5.69. The van der Waals surface area contributed by atoms with Crippen LogP contribution in [0.25, 0.3) is 22.5 Å². The lowest BCUT2D eigenvalue weighted by atomic mass is 10.0. The third kappa shape index (κ3) is 5.88. The number of allylic oxidation sites excluding steroid dienone is 5. The van der Waals surface area contributed by atoms with Gasteiger partial charge >= 0.3 is 0 Å². The Morgan fingerprint density at radius 1 is 1.32 bits per heavy atom. The molecule has 0 amide bonds. The Bertz CT molecular complexity index is 1130. The maximum atomic E-state index is 10.00. The van der Waals surface area contributed by atoms with Crippen molar-refractivity contribution in [2.75, 3.05) is 39.2 Å². The van der Waals surface area contributed by atoms with Crippen molar-refractivity contribution in [1.29, 1.82) is 0 Å². The van der Waals surface area contributed by atoms with E-state index in [-0.39, 0.29) is 12.6 Å². The van der Waals surface area contributed by atoms with Gasteiger partial charge in [-0.05, 0) is 37.0 Å². The van der Waals surface area contributed by atoms with E-state index in [0.717, 1.165) is 58.6 Å². The van der Waals surface area contributed by atoms with Crippen LogP contribution in [0.1, 0.15) is 30.9 Å². The van der Waals surface area contributed by atoms with Crippen LogP contribution in [-0.2, 0) is 0 Å². The number of hydrogen-bond donors (Lipinski definition) is 1. The summed E-state index contributed by atoms with van der Waals surface area (Å²) >= 11 is 0. The minimum atomic E-state index is 0.0351. The van der Waals surface area contributed by atoms with Crippen molar-refractivity contribution in [3.63, 3.8) is 0 Å². The first kappa shape index (κ1) is 25.1. The summed E-state index contributed by atoms with van der Waals surface area (Å²) in [4.78, 5) is 18.2. The third-order valence-corrected chi connectivity index (χ3v) is 5.68. The predicted molar refractivity (Wildman–Crippen MR) is 144 cm³/mol. The maximum Gasteiger partial charge on any atom is 0.161 e. The number of aliphatic imine (C=N–C) groups is 1. The van der Waals surface area contributed by atoms with Crippen LogP contribution >= 0.6 is 0 Å². The highest BCUT2D eigenvalue weighted by molar-refractivity contribution is 6.12. The summed E-state index contributed by atoms with van der Waals surface area (Å²) in [6.07, 6.45) is 11.5. The molecular weight excluding hydrogens is 422 g/mol. The summed E-state index contributed by atoms with van der Waals surface area (Å²) in [6, 6.07) is 8.21. The predicted octanol–water partition coefficient (Wildman–Crippen LogP) is 4.85. The molecule has 0 saturated carbocycles. The maximum absolute atomic E-state index is 10.00. The van der Waals surface area contributed by atoms with Crippen LogP contribution in [0.5, 0.6) is 0 Å². The second-order valence-corrected chi connectivity index (χ2v) is 8.77. The number of aliphatic hydroxyl groups excluding tert-OH is 1. The topological polar surface area (TPSA) is 64.9 Å². The van der Waals surface area contributed by atoms with Crippen LogP contribution in [0.3, 0.4) is 0 Å². The average molecular weight is 458 g/mol. The Morgan fingerprint density at radius 3 is 2.76 bits per heavy atom. The third-order valence-electron chi connectivity index (χ3n) is 5.68. The highest BCUT2D eigenvalue weighted by Gasteiger charge is 2.28. The first-order valence-electron chi connectivity index (χ1n) is 11.5. The van der Waals surface area contributed by atoms with E-state index in [9.17, 15) is 5.11 Å². The van der Waals surface area contributed by atoms with Crippen molar-refractivity contribution in [3.8, 4) is 11.4 Å². The van der Waals surface area contributed by atoms with Gasteiger partial charge in [0, 0.05) is 63.0 Å². The lowest BCUT2D eigenvalue weighted by Gasteiger charge is -2.27. The molecule has 0 unspecified atom stereocenters. The SMILES string of the molecule is C=C/C(=C\N(C)C)c1cccc(-c2ncc(C(/C=N\C)=C/C(=C)C)c(N3CCC[C@H]3CO)n2)c1. The second kappa shape index (κ2) is 11.6. The molecule has 34 heavy (non-hydrogen) atoms. The zero-order valence-corrected chi connectivity index (χ0v) is 20.7. The number of rotatable bonds is 9. The molecule has 1 aromatic carbocycles. The van der Waals surface area contributed by atoms with Gasteiger partial charge < -0.3 is 14.9 Å². The summed E-state index contributed by atoms with van der Waals surface area (Å²) in [6.45, 7) is 10.9. The van der Waals surface area contributed by atoms with E-state index in [0.29, 0.717) is 5.82 Å². The summed E-state index contributed by atoms with van der Waals surface area (Å²) in [5.74, 6) is 1.45. The summed E-state index contributed by atoms with van der Waals surface area (Å²) in [7, 11) is 5.73. The van der Waals surface area contributed by atoms with Gasteiger partial charge in [-0.3, -0.25) is 4.99 Å². The molecule has 3 rings (SSSR count). The van der Waals surface area contributed by atoms with E-state index < -0.39 is 0 Å². The van der Waals surface area contributed by atoms with Gasteiger partial charge in [0.2, 0.25) is 0 Å². The normalized spacial score (nSPS) is 16.9. The van der Waals surface area contributed by atoms with Gasteiger partial charge in [0.1, 0.15) is 5.82 Å². The van der Waals surface area contributed by atoms with E-state index in [2.05, 4.69) is 35.2 Å². The van der Waals surface area contributed by atoms with E-state index in [1.54, 1.807) is 7.05 Å². The Labute approximate surface area is 203 Å². The molecule has 1 aromatic heterocycles. The van der Waals surface area contributed by atoms with Crippen LogP contribution in [0.4, 0.5) is 5.82 Å². The van der Waals surface area contributed by atoms with Gasteiger partial charge in [0.15, 0.2) is 5.82 Å². The van der Waals surface area contributed by atoms with E-state index in [1.165, 1.54) is 0 Å². The highest BCUT2D eigenvalue weighted by Crippen LogP contribution is 2.33. The molecule has 0 aliphatic carbocycles. The number of benzene rings is 1. The quantitative estimate of drug-likeness (QED) is 0.431. The molecule has 1 aliphatic rings. The molecule has 178 valence electrons. The van der Waals surface area contributed by atoms with Crippen molar-refractivity contribution in [1.82, 2.24) is 14.9 Å². The van der Waals surface area contributed by atoms with Gasteiger partial charge in [-0.2, -0.15) is 0 Å². The van der Waals surface area contributed by atoms with Gasteiger partial charge in [-0.1, -0.05) is 49.1 Å². The molecule has 0 bridgehead atoms. The molecule has 1 saturated heterocycles. The Morgan fingerprint density at radius 2 is 2.12 bits per heavy atom. The lowest BCUT2D eigenvalue weighted by Crippen LogP contribution is -2.33. The fourth-order valence-electron chi connectivity index (χ4n) is 4.19. The lowest BCUT2D eigenvalue weighted by molar-refractivity contribution is 0.266. The first-order chi connectivity index (χ1) is 16.4. The fraction of sp³-hybridized carbons (Fsp3) is 0.321. The van der Waals surface area contributed by atoms with Crippen LogP contribution in [0.2, 0.25) is 0 Å². The Balaban J connectivity index is 2.16. The fourth-order valence-corrected chi connectivity index (χ4v) is 4.19. The van der Waals surface area contributed by atoms with Crippen LogP contribution in [0, 0.1) is 0 Å². The zero-order valence-electron chi connectivity index (χ0n) is 20.7. The van der Waals surface area contributed by atoms with Crippen molar-refractivity contribution >= 4 is 23.2 Å². The standard InChI is InChI=1S/C28H35N5O/c1-7-21(18-32(5)6)22-10-8-11-23(15-22)27-30-17-26(24(16-29-4)14-20(2)3)28(31-27)33-13-9-12-25(33)19-34/h7-8,10-11,14-18,25,34H,1-2,9,12-13,19H2,3-6H3/b21-18+,24-14+,29-16-/t25-/m0/s1. The monoisotopic (exact) mass is 457 g/mol. The highest BCUT2D eigenvalue weighted by atomic mass is 16.3. The second-order valence-electron chi connectivity index (χ2n) is 8.77. The van der Waals surface area contributed by atoms with Crippen LogP contribution < -0.4 is 4.90 Å². The van der Waals surface area contributed by atoms with Gasteiger partial charge in [-0.25, -0.2) is 9.97 Å². The van der Waals surface area contributed by atoms with E-state index in [1.807, 2.05) is 68.8 Å². The first-order valence-corrected chi connectivity index (χ1v) is 11.5. The summed E-state index contributed by atoms with van der Waals surface area (Å²) in [5, 5.41) is 10.00. The molecule has 0 radical (unpaired) electrons. The van der Waals surface area contributed by atoms with E-state index >= 15 is 0 Å². The molecule has 1 atom stereocenters. The number of hydrogen-bond acceptors (Lipinski definition) is 6. The number of aliphatic hydroxyl groups is 1.